The van der Waals surface area contributed by atoms with E-state index in [0.29, 0.717) is 17.8 Å². The Morgan fingerprint density at radius 3 is 2.70 bits per heavy atom. The molecule has 1 saturated heterocycles. The molecule has 4 aromatic rings. The summed E-state index contributed by atoms with van der Waals surface area (Å²) in [5.41, 5.74) is 1.92. The number of hydrogen-bond acceptors (Lipinski definition) is 5. The van der Waals surface area contributed by atoms with Crippen LogP contribution in [0.25, 0.3) is 5.65 Å². The Hall–Kier alpha value is -3.94. The number of hydrogen-bond donors (Lipinski definition) is 1. The molecule has 1 unspecified atom stereocenters. The first-order chi connectivity index (χ1) is 14.7. The van der Waals surface area contributed by atoms with Gasteiger partial charge in [0.25, 0.3) is 11.8 Å². The minimum absolute atomic E-state index is 0.0610. The molecular weight excluding hydrogens is 382 g/mol. The fourth-order valence-electron chi connectivity index (χ4n) is 3.83. The first kappa shape index (κ1) is 18.1. The molecule has 0 bridgehead atoms. The molecule has 4 heterocycles. The van der Waals surface area contributed by atoms with E-state index in [4.69, 9.17) is 4.42 Å². The molecule has 2 amide bonds. The van der Waals surface area contributed by atoms with Crippen LogP contribution in [0.4, 0.5) is 5.69 Å². The Morgan fingerprint density at radius 1 is 1.03 bits per heavy atom. The van der Waals surface area contributed by atoms with Crippen LogP contribution < -0.4 is 5.32 Å². The molecule has 0 spiro atoms. The summed E-state index contributed by atoms with van der Waals surface area (Å²) in [7, 11) is 0. The van der Waals surface area contributed by atoms with E-state index in [2.05, 4.69) is 15.5 Å². The molecule has 1 aliphatic heterocycles. The number of rotatable bonds is 4. The lowest BCUT2D eigenvalue weighted by atomic mass is 10.1. The molecule has 1 fully saturated rings. The Balaban J connectivity index is 1.34. The second-order valence-electron chi connectivity index (χ2n) is 7.15. The number of carbonyl (C=O) groups excluding carboxylic acids is 2. The molecule has 8 heteroatoms. The van der Waals surface area contributed by atoms with Gasteiger partial charge in [-0.05, 0) is 61.4 Å². The standard InChI is InChI=1S/C22H19N5O3/c28-21(18-6-4-14-30-18)23-16-10-8-15(9-11-16)22(29)26-13-3-5-17(26)20-25-24-19-7-1-2-12-27(19)20/h1-2,4,6-12,14,17H,3,5,13H2,(H,23,28). The number of carbonyl (C=O) groups is 2. The van der Waals surface area contributed by atoms with Gasteiger partial charge in [-0.1, -0.05) is 6.07 Å². The van der Waals surface area contributed by atoms with Gasteiger partial charge in [0.15, 0.2) is 17.2 Å². The second-order valence-corrected chi connectivity index (χ2v) is 7.15. The van der Waals surface area contributed by atoms with Gasteiger partial charge < -0.3 is 14.6 Å². The largest absolute Gasteiger partial charge is 0.459 e. The fraction of sp³-hybridized carbons (Fsp3) is 0.182. The minimum Gasteiger partial charge on any atom is -0.459 e. The zero-order valence-electron chi connectivity index (χ0n) is 16.1. The van der Waals surface area contributed by atoms with Crippen LogP contribution in [0.5, 0.6) is 0 Å². The Kier molecular flexibility index (Phi) is 4.51. The summed E-state index contributed by atoms with van der Waals surface area (Å²) in [5, 5.41) is 11.3. The summed E-state index contributed by atoms with van der Waals surface area (Å²) in [6.07, 6.45) is 5.12. The quantitative estimate of drug-likeness (QED) is 0.564. The number of nitrogens with one attached hydrogen (secondary N) is 1. The summed E-state index contributed by atoms with van der Waals surface area (Å²) in [6, 6.07) is 15.7. The van der Waals surface area contributed by atoms with Crippen LogP contribution in [-0.2, 0) is 0 Å². The van der Waals surface area contributed by atoms with E-state index in [1.54, 1.807) is 36.4 Å². The molecule has 0 radical (unpaired) electrons. The normalized spacial score (nSPS) is 16.1. The van der Waals surface area contributed by atoms with E-state index >= 15 is 0 Å². The molecule has 8 nitrogen and oxygen atoms in total. The summed E-state index contributed by atoms with van der Waals surface area (Å²) < 4.78 is 7.02. The number of nitrogens with zero attached hydrogens (tertiary/aromatic N) is 4. The predicted molar refractivity (Wildman–Crippen MR) is 109 cm³/mol. The zero-order valence-corrected chi connectivity index (χ0v) is 16.1. The lowest BCUT2D eigenvalue weighted by Crippen LogP contribution is -2.31. The second kappa shape index (κ2) is 7.47. The van der Waals surface area contributed by atoms with Crippen molar-refractivity contribution in [1.82, 2.24) is 19.5 Å². The third-order valence-electron chi connectivity index (χ3n) is 5.29. The molecule has 1 atom stereocenters. The van der Waals surface area contributed by atoms with E-state index in [1.165, 1.54) is 6.26 Å². The minimum atomic E-state index is -0.336. The average Bonchev–Trinajstić information content (AvgIpc) is 3.54. The van der Waals surface area contributed by atoms with Crippen molar-refractivity contribution in [3.63, 3.8) is 0 Å². The van der Waals surface area contributed by atoms with Gasteiger partial charge in [-0.3, -0.25) is 14.0 Å². The highest BCUT2D eigenvalue weighted by molar-refractivity contribution is 6.02. The molecule has 30 heavy (non-hydrogen) atoms. The van der Waals surface area contributed by atoms with Crippen LogP contribution >= 0.6 is 0 Å². The highest BCUT2D eigenvalue weighted by Crippen LogP contribution is 2.32. The van der Waals surface area contributed by atoms with Crippen molar-refractivity contribution in [2.24, 2.45) is 0 Å². The van der Waals surface area contributed by atoms with Gasteiger partial charge in [-0.15, -0.1) is 10.2 Å². The van der Waals surface area contributed by atoms with Crippen molar-refractivity contribution in [2.75, 3.05) is 11.9 Å². The highest BCUT2D eigenvalue weighted by atomic mass is 16.3. The van der Waals surface area contributed by atoms with E-state index in [-0.39, 0.29) is 23.6 Å². The van der Waals surface area contributed by atoms with Crippen LogP contribution in [0.3, 0.4) is 0 Å². The Bertz CT molecular complexity index is 1200. The van der Waals surface area contributed by atoms with Crippen molar-refractivity contribution in [3.8, 4) is 0 Å². The van der Waals surface area contributed by atoms with Gasteiger partial charge in [0.2, 0.25) is 0 Å². The number of benzene rings is 1. The molecule has 1 N–H and O–H groups in total. The fourth-order valence-corrected chi connectivity index (χ4v) is 3.83. The molecule has 1 aliphatic rings. The summed E-state index contributed by atoms with van der Waals surface area (Å²) in [5.74, 6) is 0.612. The molecular formula is C22H19N5O3. The molecule has 0 aliphatic carbocycles. The Morgan fingerprint density at radius 2 is 1.90 bits per heavy atom. The number of anilines is 1. The molecule has 0 saturated carbocycles. The number of aromatic nitrogens is 3. The monoisotopic (exact) mass is 401 g/mol. The lowest BCUT2D eigenvalue weighted by Gasteiger charge is -2.23. The third-order valence-corrected chi connectivity index (χ3v) is 5.29. The Labute approximate surface area is 172 Å². The van der Waals surface area contributed by atoms with Crippen molar-refractivity contribution in [1.29, 1.82) is 0 Å². The number of amides is 2. The lowest BCUT2D eigenvalue weighted by molar-refractivity contribution is 0.0729. The topological polar surface area (TPSA) is 92.7 Å². The predicted octanol–water partition coefficient (Wildman–Crippen LogP) is 3.55. The van der Waals surface area contributed by atoms with Gasteiger partial charge in [0, 0.05) is 24.0 Å². The van der Waals surface area contributed by atoms with Crippen molar-refractivity contribution in [2.45, 2.75) is 18.9 Å². The van der Waals surface area contributed by atoms with Gasteiger partial charge in [-0.25, -0.2) is 0 Å². The molecule has 3 aromatic heterocycles. The SMILES string of the molecule is O=C(Nc1ccc(C(=O)N2CCCC2c2nnc3ccccn23)cc1)c1ccco1. The summed E-state index contributed by atoms with van der Waals surface area (Å²) in [4.78, 5) is 27.1. The van der Waals surface area contributed by atoms with Gasteiger partial charge in [0.1, 0.15) is 0 Å². The highest BCUT2D eigenvalue weighted by Gasteiger charge is 2.33. The van der Waals surface area contributed by atoms with Crippen LogP contribution in [0.15, 0.2) is 71.5 Å². The van der Waals surface area contributed by atoms with Crippen LogP contribution in [0.2, 0.25) is 0 Å². The van der Waals surface area contributed by atoms with Crippen molar-refractivity contribution < 1.29 is 14.0 Å². The van der Waals surface area contributed by atoms with E-state index < -0.39 is 0 Å². The van der Waals surface area contributed by atoms with Crippen LogP contribution in [0, 0.1) is 0 Å². The zero-order chi connectivity index (χ0) is 20.5. The van der Waals surface area contributed by atoms with E-state index in [9.17, 15) is 9.59 Å². The molecule has 1 aromatic carbocycles. The smallest absolute Gasteiger partial charge is 0.291 e. The maximum atomic E-state index is 13.2. The number of furan rings is 1. The van der Waals surface area contributed by atoms with Gasteiger partial charge in [0.05, 0.1) is 12.3 Å². The maximum absolute atomic E-state index is 13.2. The van der Waals surface area contributed by atoms with Crippen molar-refractivity contribution >= 4 is 23.1 Å². The third kappa shape index (κ3) is 3.22. The number of likely N-dealkylation sites (tertiary alicyclic amines) is 1. The summed E-state index contributed by atoms with van der Waals surface area (Å²) in [6.45, 7) is 0.669. The van der Waals surface area contributed by atoms with Crippen molar-refractivity contribution in [3.05, 3.63) is 84.2 Å². The van der Waals surface area contributed by atoms with Crippen LogP contribution in [0.1, 0.15) is 45.6 Å². The molecule has 5 rings (SSSR count). The van der Waals surface area contributed by atoms with E-state index in [1.807, 2.05) is 33.7 Å². The van der Waals surface area contributed by atoms with Gasteiger partial charge in [-0.2, -0.15) is 0 Å². The first-order valence-corrected chi connectivity index (χ1v) is 9.76. The number of pyridine rings is 1. The van der Waals surface area contributed by atoms with E-state index in [0.717, 1.165) is 24.3 Å². The average molecular weight is 401 g/mol. The maximum Gasteiger partial charge on any atom is 0.291 e. The van der Waals surface area contributed by atoms with Crippen LogP contribution in [-0.4, -0.2) is 37.9 Å². The van der Waals surface area contributed by atoms with Gasteiger partial charge >= 0.3 is 0 Å². The summed E-state index contributed by atoms with van der Waals surface area (Å²) >= 11 is 0. The first-order valence-electron chi connectivity index (χ1n) is 9.76. The molecule has 150 valence electrons. The number of fused-ring (bicyclic) bond motifs is 1.